The van der Waals surface area contributed by atoms with Crippen molar-refractivity contribution in [3.05, 3.63) is 132 Å². The Balaban J connectivity index is 1.70. The van der Waals surface area contributed by atoms with Crippen LogP contribution in [-0.2, 0) is 17.5 Å². The van der Waals surface area contributed by atoms with E-state index in [4.69, 9.17) is 10.8 Å². The molecule has 188 valence electrons. The molecule has 0 aromatic heterocycles. The van der Waals surface area contributed by atoms with Gasteiger partial charge in [0.15, 0.2) is 0 Å². The van der Waals surface area contributed by atoms with E-state index in [2.05, 4.69) is 153 Å². The van der Waals surface area contributed by atoms with Crippen LogP contribution in [0.4, 0.5) is 0 Å². The van der Waals surface area contributed by atoms with Gasteiger partial charge in [-0.2, -0.15) is 0 Å². The van der Waals surface area contributed by atoms with Gasteiger partial charge in [0.05, 0.1) is 12.6 Å². The summed E-state index contributed by atoms with van der Waals surface area (Å²) in [6.07, 6.45) is 6.24. The second kappa shape index (κ2) is 12.2. The van der Waals surface area contributed by atoms with Gasteiger partial charge in [0.2, 0.25) is 0 Å². The predicted octanol–water partition coefficient (Wildman–Crippen LogP) is 6.27. The number of nitrogens with zero attached hydrogens (tertiary/aromatic N) is 1. The minimum absolute atomic E-state index is 0.0987. The third-order valence-corrected chi connectivity index (χ3v) is 12.0. The van der Waals surface area contributed by atoms with E-state index in [-0.39, 0.29) is 11.1 Å². The van der Waals surface area contributed by atoms with E-state index in [1.807, 2.05) is 0 Å². The Labute approximate surface area is 224 Å². The van der Waals surface area contributed by atoms with Gasteiger partial charge in [-0.3, -0.25) is 4.90 Å². The maximum Gasteiger partial charge on any atom is 0.261 e. The minimum atomic E-state index is -2.68. The van der Waals surface area contributed by atoms with Crippen molar-refractivity contribution in [2.75, 3.05) is 6.61 Å². The van der Waals surface area contributed by atoms with Crippen LogP contribution < -0.4 is 10.4 Å². The zero-order chi connectivity index (χ0) is 26.1. The SMILES string of the molecule is C#C[C@H](CO[Si](c1ccccc1)(c1ccccc1)C(C)(C)C)N(Cc1ccccc1)Cc1ccccc1. The number of rotatable bonds is 10. The third-order valence-electron chi connectivity index (χ3n) is 6.96. The van der Waals surface area contributed by atoms with Crippen LogP contribution in [0.3, 0.4) is 0 Å². The lowest BCUT2D eigenvalue weighted by molar-refractivity contribution is 0.150. The van der Waals surface area contributed by atoms with Gasteiger partial charge in [-0.15, -0.1) is 6.42 Å². The van der Waals surface area contributed by atoms with Gasteiger partial charge in [-0.25, -0.2) is 0 Å². The topological polar surface area (TPSA) is 12.5 Å². The Hall–Kier alpha value is -3.42. The summed E-state index contributed by atoms with van der Waals surface area (Å²) in [6, 6.07) is 42.4. The molecule has 0 amide bonds. The molecule has 0 radical (unpaired) electrons. The van der Waals surface area contributed by atoms with Crippen molar-refractivity contribution in [2.24, 2.45) is 0 Å². The molecule has 0 N–H and O–H groups in total. The lowest BCUT2D eigenvalue weighted by Gasteiger charge is -2.44. The van der Waals surface area contributed by atoms with Crippen LogP contribution >= 0.6 is 0 Å². The van der Waals surface area contributed by atoms with E-state index in [0.717, 1.165) is 13.1 Å². The molecular formula is C34H37NOSi. The molecule has 0 aliphatic heterocycles. The quantitative estimate of drug-likeness (QED) is 0.187. The maximum atomic E-state index is 7.23. The van der Waals surface area contributed by atoms with E-state index < -0.39 is 8.32 Å². The number of benzene rings is 4. The normalized spacial score (nSPS) is 12.7. The van der Waals surface area contributed by atoms with Gasteiger partial charge in [-0.05, 0) is 26.5 Å². The van der Waals surface area contributed by atoms with Crippen molar-refractivity contribution >= 4 is 18.7 Å². The van der Waals surface area contributed by atoms with Gasteiger partial charge in [0.1, 0.15) is 0 Å². The van der Waals surface area contributed by atoms with E-state index in [0.29, 0.717) is 6.61 Å². The monoisotopic (exact) mass is 503 g/mol. The van der Waals surface area contributed by atoms with Crippen LogP contribution in [0.1, 0.15) is 31.9 Å². The molecule has 3 heteroatoms. The molecule has 2 nitrogen and oxygen atoms in total. The second-order valence-corrected chi connectivity index (χ2v) is 14.8. The summed E-state index contributed by atoms with van der Waals surface area (Å²) in [5.74, 6) is 3.09. The summed E-state index contributed by atoms with van der Waals surface area (Å²) in [4.78, 5) is 2.36. The summed E-state index contributed by atoms with van der Waals surface area (Å²) in [7, 11) is -2.68. The third kappa shape index (κ3) is 6.29. The van der Waals surface area contributed by atoms with E-state index in [9.17, 15) is 0 Å². The Kier molecular flexibility index (Phi) is 8.79. The van der Waals surface area contributed by atoms with Gasteiger partial charge in [-0.1, -0.05) is 148 Å². The maximum absolute atomic E-state index is 7.23. The Morgan fingerprint density at radius 3 is 1.41 bits per heavy atom. The average molecular weight is 504 g/mol. The Morgan fingerprint density at radius 1 is 0.676 bits per heavy atom. The van der Waals surface area contributed by atoms with E-state index >= 15 is 0 Å². The smallest absolute Gasteiger partial charge is 0.261 e. The van der Waals surface area contributed by atoms with Crippen molar-refractivity contribution in [3.8, 4) is 12.3 Å². The van der Waals surface area contributed by atoms with E-state index in [1.165, 1.54) is 21.5 Å². The number of hydrogen-bond donors (Lipinski definition) is 0. The van der Waals surface area contributed by atoms with Crippen LogP contribution in [0, 0.1) is 12.3 Å². The highest BCUT2D eigenvalue weighted by atomic mass is 28.4. The number of hydrogen-bond acceptors (Lipinski definition) is 2. The molecule has 0 saturated carbocycles. The highest BCUT2D eigenvalue weighted by molar-refractivity contribution is 6.99. The average Bonchev–Trinajstić information content (AvgIpc) is 2.92. The van der Waals surface area contributed by atoms with Gasteiger partial charge in [0, 0.05) is 13.1 Å². The summed E-state index contributed by atoms with van der Waals surface area (Å²) in [5, 5.41) is 2.43. The van der Waals surface area contributed by atoms with Crippen molar-refractivity contribution in [2.45, 2.75) is 44.9 Å². The van der Waals surface area contributed by atoms with Crippen LogP contribution in [0.2, 0.25) is 5.04 Å². The zero-order valence-corrected chi connectivity index (χ0v) is 23.2. The Bertz CT molecular complexity index is 1180. The fourth-order valence-electron chi connectivity index (χ4n) is 5.14. The first kappa shape index (κ1) is 26.6. The van der Waals surface area contributed by atoms with Crippen LogP contribution in [0.15, 0.2) is 121 Å². The first-order chi connectivity index (χ1) is 17.9. The molecule has 0 saturated heterocycles. The zero-order valence-electron chi connectivity index (χ0n) is 22.2. The molecule has 0 aliphatic rings. The number of terminal acetylenes is 1. The van der Waals surface area contributed by atoms with Crippen LogP contribution in [-0.4, -0.2) is 25.9 Å². The lowest BCUT2D eigenvalue weighted by Crippen LogP contribution is -2.67. The van der Waals surface area contributed by atoms with Crippen molar-refractivity contribution in [1.29, 1.82) is 0 Å². The fourth-order valence-corrected chi connectivity index (χ4v) is 9.70. The highest BCUT2D eigenvalue weighted by Gasteiger charge is 2.50. The van der Waals surface area contributed by atoms with E-state index in [1.54, 1.807) is 0 Å². The molecule has 0 heterocycles. The van der Waals surface area contributed by atoms with Crippen LogP contribution in [0.5, 0.6) is 0 Å². The minimum Gasteiger partial charge on any atom is -0.405 e. The standard InChI is InChI=1S/C34H37NOSi/c1-5-31(35(26-29-18-10-6-11-19-29)27-30-20-12-7-13-21-30)28-36-37(34(2,3)4,32-22-14-8-15-23-32)33-24-16-9-17-25-33/h1,6-25,31H,26-28H2,2-4H3/t31-/m1/s1. The molecule has 0 spiro atoms. The highest BCUT2D eigenvalue weighted by Crippen LogP contribution is 2.37. The summed E-state index contributed by atoms with van der Waals surface area (Å²) in [5.41, 5.74) is 2.48. The van der Waals surface area contributed by atoms with Crippen molar-refractivity contribution < 1.29 is 4.43 Å². The second-order valence-electron chi connectivity index (χ2n) is 10.5. The molecule has 37 heavy (non-hydrogen) atoms. The molecule has 4 aromatic carbocycles. The van der Waals surface area contributed by atoms with Crippen LogP contribution in [0.25, 0.3) is 0 Å². The van der Waals surface area contributed by atoms with Gasteiger partial charge >= 0.3 is 0 Å². The fraction of sp³-hybridized carbons (Fsp3) is 0.235. The molecule has 4 rings (SSSR count). The largest absolute Gasteiger partial charge is 0.405 e. The lowest BCUT2D eigenvalue weighted by atomic mass is 10.1. The van der Waals surface area contributed by atoms with Gasteiger partial charge in [0.25, 0.3) is 8.32 Å². The summed E-state index contributed by atoms with van der Waals surface area (Å²) < 4.78 is 7.23. The molecule has 0 bridgehead atoms. The first-order valence-electron chi connectivity index (χ1n) is 13.0. The Morgan fingerprint density at radius 2 is 1.05 bits per heavy atom. The molecule has 0 fully saturated rings. The summed E-state index contributed by atoms with van der Waals surface area (Å²) >= 11 is 0. The molecule has 0 aliphatic carbocycles. The summed E-state index contributed by atoms with van der Waals surface area (Å²) in [6.45, 7) is 8.88. The first-order valence-corrected chi connectivity index (χ1v) is 14.9. The van der Waals surface area contributed by atoms with Gasteiger partial charge < -0.3 is 4.43 Å². The molecule has 1 atom stereocenters. The molecule has 4 aromatic rings. The molecule has 0 unspecified atom stereocenters. The molecular weight excluding hydrogens is 466 g/mol. The van der Waals surface area contributed by atoms with Crippen molar-refractivity contribution in [3.63, 3.8) is 0 Å². The predicted molar refractivity (Wildman–Crippen MR) is 158 cm³/mol. The van der Waals surface area contributed by atoms with Crippen molar-refractivity contribution in [1.82, 2.24) is 4.90 Å².